The quantitative estimate of drug-likeness (QED) is 0.502. The number of anilines is 1. The van der Waals surface area contributed by atoms with E-state index in [9.17, 15) is 14.7 Å². The van der Waals surface area contributed by atoms with Crippen LogP contribution in [0.4, 0.5) is 5.69 Å². The zero-order chi connectivity index (χ0) is 20.8. The minimum Gasteiger partial charge on any atom is -0.478 e. The van der Waals surface area contributed by atoms with Gasteiger partial charge in [-0.05, 0) is 54.1 Å². The van der Waals surface area contributed by atoms with E-state index in [0.29, 0.717) is 6.54 Å². The molecule has 1 unspecified atom stereocenters. The maximum atomic E-state index is 12.6. The summed E-state index contributed by atoms with van der Waals surface area (Å²) in [5.41, 5.74) is 2.99. The minimum atomic E-state index is -0.928. The molecule has 1 amide bonds. The Bertz CT molecular complexity index is 1010. The first-order chi connectivity index (χ1) is 14.0. The number of nitrogens with one attached hydrogen (secondary N) is 1. The Morgan fingerprint density at radius 3 is 2.66 bits per heavy atom. The van der Waals surface area contributed by atoms with Crippen LogP contribution in [0, 0.1) is 5.92 Å². The molecule has 0 aliphatic carbocycles. The maximum Gasteiger partial charge on any atom is 0.335 e. The van der Waals surface area contributed by atoms with Crippen molar-refractivity contribution < 1.29 is 14.7 Å². The van der Waals surface area contributed by atoms with Crippen molar-refractivity contribution in [2.24, 2.45) is 5.92 Å². The Hall–Kier alpha value is -3.08. The SMILES string of the molecule is CCCCC(CC)C(=O)Nc1ccc2ccn(Cc3cccc(C(=O)O)c3)c2c1. The third kappa shape index (κ3) is 5.05. The molecule has 1 aromatic heterocycles. The monoisotopic (exact) mass is 392 g/mol. The lowest BCUT2D eigenvalue weighted by atomic mass is 9.98. The highest BCUT2D eigenvalue weighted by Crippen LogP contribution is 2.23. The molecule has 0 radical (unpaired) electrons. The van der Waals surface area contributed by atoms with Crippen molar-refractivity contribution in [2.45, 2.75) is 46.1 Å². The molecule has 2 aromatic carbocycles. The van der Waals surface area contributed by atoms with Crippen molar-refractivity contribution in [3.63, 3.8) is 0 Å². The normalized spacial score (nSPS) is 12.1. The standard InChI is InChI=1S/C24H28N2O3/c1-3-5-8-18(4-2)23(27)25-21-11-10-19-12-13-26(22(19)15-21)16-17-7-6-9-20(14-17)24(28)29/h6-7,9-15,18H,3-5,8,16H2,1-2H3,(H,25,27)(H,28,29). The lowest BCUT2D eigenvalue weighted by Crippen LogP contribution is -2.22. The fourth-order valence-corrected chi connectivity index (χ4v) is 3.61. The topological polar surface area (TPSA) is 71.3 Å². The average molecular weight is 392 g/mol. The smallest absolute Gasteiger partial charge is 0.335 e. The van der Waals surface area contributed by atoms with Gasteiger partial charge in [0.05, 0.1) is 11.1 Å². The Kier molecular flexibility index (Phi) is 6.70. The van der Waals surface area contributed by atoms with Crippen molar-refractivity contribution in [2.75, 3.05) is 5.32 Å². The molecule has 1 heterocycles. The molecule has 3 aromatic rings. The molecular weight excluding hydrogens is 364 g/mol. The molecule has 2 N–H and O–H groups in total. The number of hydrogen-bond acceptors (Lipinski definition) is 2. The van der Waals surface area contributed by atoms with Gasteiger partial charge in [0.1, 0.15) is 0 Å². The Balaban J connectivity index is 1.80. The number of aromatic carboxylic acids is 1. The third-order valence-electron chi connectivity index (χ3n) is 5.34. The summed E-state index contributed by atoms with van der Waals surface area (Å²) in [6, 6.07) is 14.9. The fourth-order valence-electron chi connectivity index (χ4n) is 3.61. The van der Waals surface area contributed by atoms with Crippen LogP contribution in [0.15, 0.2) is 54.7 Å². The number of rotatable bonds is 9. The third-order valence-corrected chi connectivity index (χ3v) is 5.34. The number of hydrogen-bond donors (Lipinski definition) is 2. The number of carboxylic acid groups (broad SMARTS) is 1. The molecule has 152 valence electrons. The molecule has 0 aliphatic heterocycles. The van der Waals surface area contributed by atoms with Crippen LogP contribution in [0.5, 0.6) is 0 Å². The van der Waals surface area contributed by atoms with Crippen LogP contribution >= 0.6 is 0 Å². The van der Waals surface area contributed by atoms with Crippen LogP contribution in [0.3, 0.4) is 0 Å². The Labute approximate surface area is 171 Å². The van der Waals surface area contributed by atoms with E-state index in [2.05, 4.69) is 23.7 Å². The first kappa shape index (κ1) is 20.6. The number of carbonyl (C=O) groups is 2. The van der Waals surface area contributed by atoms with Crippen molar-refractivity contribution in [1.82, 2.24) is 4.57 Å². The molecule has 0 aliphatic rings. The van der Waals surface area contributed by atoms with Gasteiger partial charge in [0.2, 0.25) is 5.91 Å². The predicted octanol–water partition coefficient (Wildman–Crippen LogP) is 5.54. The van der Waals surface area contributed by atoms with E-state index in [-0.39, 0.29) is 17.4 Å². The van der Waals surface area contributed by atoms with Crippen molar-refractivity contribution in [1.29, 1.82) is 0 Å². The molecule has 0 saturated heterocycles. The molecule has 5 heteroatoms. The van der Waals surface area contributed by atoms with Crippen molar-refractivity contribution in [3.05, 3.63) is 65.9 Å². The van der Waals surface area contributed by atoms with Gasteiger partial charge in [-0.25, -0.2) is 4.79 Å². The lowest BCUT2D eigenvalue weighted by molar-refractivity contribution is -0.120. The van der Waals surface area contributed by atoms with Crippen LogP contribution in [-0.4, -0.2) is 21.6 Å². The first-order valence-electron chi connectivity index (χ1n) is 10.2. The molecule has 0 bridgehead atoms. The highest BCUT2D eigenvalue weighted by atomic mass is 16.4. The van der Waals surface area contributed by atoms with Gasteiger partial charge >= 0.3 is 5.97 Å². The van der Waals surface area contributed by atoms with Crippen LogP contribution in [0.25, 0.3) is 10.9 Å². The van der Waals surface area contributed by atoms with Gasteiger partial charge in [-0.15, -0.1) is 0 Å². The fraction of sp³-hybridized carbons (Fsp3) is 0.333. The van der Waals surface area contributed by atoms with Gasteiger partial charge in [0.25, 0.3) is 0 Å². The van der Waals surface area contributed by atoms with E-state index >= 15 is 0 Å². The summed E-state index contributed by atoms with van der Waals surface area (Å²) in [5, 5.41) is 13.3. The highest BCUT2D eigenvalue weighted by Gasteiger charge is 2.16. The van der Waals surface area contributed by atoms with Crippen molar-refractivity contribution in [3.8, 4) is 0 Å². The summed E-state index contributed by atoms with van der Waals surface area (Å²) in [5.74, 6) is -0.813. The Morgan fingerprint density at radius 2 is 1.93 bits per heavy atom. The number of carbonyl (C=O) groups excluding carboxylic acids is 1. The highest BCUT2D eigenvalue weighted by molar-refractivity contribution is 5.95. The first-order valence-corrected chi connectivity index (χ1v) is 10.2. The molecule has 0 spiro atoms. The summed E-state index contributed by atoms with van der Waals surface area (Å²) in [7, 11) is 0. The van der Waals surface area contributed by atoms with Crippen LogP contribution < -0.4 is 5.32 Å². The van der Waals surface area contributed by atoms with Gasteiger partial charge < -0.3 is 15.0 Å². The minimum absolute atomic E-state index is 0.0381. The van der Waals surface area contributed by atoms with E-state index in [0.717, 1.165) is 47.8 Å². The number of amides is 1. The number of nitrogens with zero attached hydrogens (tertiary/aromatic N) is 1. The molecule has 3 rings (SSSR count). The van der Waals surface area contributed by atoms with Crippen LogP contribution in [0.1, 0.15) is 55.5 Å². The molecular formula is C24H28N2O3. The number of benzene rings is 2. The number of fused-ring (bicyclic) bond motifs is 1. The van der Waals surface area contributed by atoms with Gasteiger partial charge in [-0.1, -0.05) is 44.9 Å². The summed E-state index contributed by atoms with van der Waals surface area (Å²) >= 11 is 0. The molecule has 1 atom stereocenters. The summed E-state index contributed by atoms with van der Waals surface area (Å²) in [6.07, 6.45) is 5.89. The van der Waals surface area contributed by atoms with E-state index in [1.54, 1.807) is 18.2 Å². The summed E-state index contributed by atoms with van der Waals surface area (Å²) < 4.78 is 2.07. The van der Waals surface area contributed by atoms with Crippen molar-refractivity contribution >= 4 is 28.5 Å². The molecule has 0 saturated carbocycles. The van der Waals surface area contributed by atoms with E-state index in [1.165, 1.54) is 0 Å². The summed E-state index contributed by atoms with van der Waals surface area (Å²) in [6.45, 7) is 4.76. The van der Waals surface area contributed by atoms with Gasteiger partial charge in [-0.2, -0.15) is 0 Å². The largest absolute Gasteiger partial charge is 0.478 e. The van der Waals surface area contributed by atoms with Gasteiger partial charge in [0.15, 0.2) is 0 Å². The molecule has 29 heavy (non-hydrogen) atoms. The van der Waals surface area contributed by atoms with E-state index < -0.39 is 5.97 Å². The average Bonchev–Trinajstić information content (AvgIpc) is 3.11. The number of carboxylic acids is 1. The number of aromatic nitrogens is 1. The second-order valence-electron chi connectivity index (χ2n) is 7.46. The van der Waals surface area contributed by atoms with Gasteiger partial charge in [-0.3, -0.25) is 4.79 Å². The second-order valence-corrected chi connectivity index (χ2v) is 7.46. The maximum absolute atomic E-state index is 12.6. The van der Waals surface area contributed by atoms with E-state index in [4.69, 9.17) is 0 Å². The summed E-state index contributed by atoms with van der Waals surface area (Å²) in [4.78, 5) is 23.8. The lowest BCUT2D eigenvalue weighted by Gasteiger charge is -2.15. The van der Waals surface area contributed by atoms with Crippen LogP contribution in [0.2, 0.25) is 0 Å². The van der Waals surface area contributed by atoms with Gasteiger partial charge in [0, 0.05) is 24.3 Å². The molecule has 0 fully saturated rings. The molecule has 5 nitrogen and oxygen atoms in total. The predicted molar refractivity (Wildman–Crippen MR) is 116 cm³/mol. The second kappa shape index (κ2) is 9.41. The zero-order valence-corrected chi connectivity index (χ0v) is 17.0. The van der Waals surface area contributed by atoms with Crippen LogP contribution in [-0.2, 0) is 11.3 Å². The Morgan fingerprint density at radius 1 is 1.10 bits per heavy atom. The number of unbranched alkanes of at least 4 members (excludes halogenated alkanes) is 1. The zero-order valence-electron chi connectivity index (χ0n) is 17.0. The van der Waals surface area contributed by atoms with E-state index in [1.807, 2.05) is 36.5 Å².